The molecule has 0 aliphatic carbocycles. The molecule has 0 fully saturated rings. The van der Waals surface area contributed by atoms with Crippen LogP contribution in [0.15, 0.2) is 97.1 Å². The molecule has 4 aromatic rings. The Morgan fingerprint density at radius 2 is 1.43 bits per heavy atom. The first-order chi connectivity index (χ1) is 22.2. The Morgan fingerprint density at radius 1 is 0.739 bits per heavy atom. The van der Waals surface area contributed by atoms with Crippen molar-refractivity contribution in [2.45, 2.75) is 32.4 Å². The quantitative estimate of drug-likeness (QED) is 0.134. The Labute approximate surface area is 267 Å². The maximum Gasteiger partial charge on any atom is 0.407 e. The number of carbonyl (C=O) groups excluding carboxylic acids is 4. The maximum absolute atomic E-state index is 12.9. The van der Waals surface area contributed by atoms with Crippen LogP contribution in [0.4, 0.5) is 26.7 Å². The second-order valence-electron chi connectivity index (χ2n) is 10.3. The van der Waals surface area contributed by atoms with Crippen molar-refractivity contribution in [3.05, 3.63) is 119 Å². The summed E-state index contributed by atoms with van der Waals surface area (Å²) in [5.41, 5.74) is 4.72. The van der Waals surface area contributed by atoms with E-state index in [9.17, 15) is 19.2 Å². The van der Waals surface area contributed by atoms with E-state index in [1.165, 1.54) is 14.2 Å². The lowest BCUT2D eigenvalue weighted by molar-refractivity contribution is -0.141. The van der Waals surface area contributed by atoms with Crippen molar-refractivity contribution in [3.8, 4) is 5.75 Å². The number of hydrogen-bond donors (Lipinski definition) is 4. The molecular formula is C35H36N4O7. The summed E-state index contributed by atoms with van der Waals surface area (Å²) in [5, 5.41) is 11.1. The van der Waals surface area contributed by atoms with E-state index in [2.05, 4.69) is 21.3 Å². The molecule has 4 rings (SSSR count). The number of benzene rings is 4. The molecule has 46 heavy (non-hydrogen) atoms. The fraction of sp³-hybridized carbons (Fsp3) is 0.200. The third kappa shape index (κ3) is 9.84. The average Bonchev–Trinajstić information content (AvgIpc) is 3.06. The van der Waals surface area contributed by atoms with Crippen LogP contribution in [0.25, 0.3) is 0 Å². The van der Waals surface area contributed by atoms with Crippen molar-refractivity contribution in [1.82, 2.24) is 5.32 Å². The van der Waals surface area contributed by atoms with Gasteiger partial charge in [-0.3, -0.25) is 9.59 Å². The molecule has 4 amide bonds. The minimum Gasteiger partial charge on any atom is -0.495 e. The largest absolute Gasteiger partial charge is 0.495 e. The molecule has 0 saturated carbocycles. The molecule has 11 nitrogen and oxygen atoms in total. The lowest BCUT2D eigenvalue weighted by Crippen LogP contribution is -2.31. The third-order valence-corrected chi connectivity index (χ3v) is 6.97. The SMILES string of the molecule is COC(=O)CC(NC(=O)OCc1ccccc1)c1ccc(NC(=O)Cc2ccc(NC(=O)Nc3ccccc3C)c(OC)c2)cc1. The molecule has 4 aromatic carbocycles. The van der Waals surface area contributed by atoms with E-state index in [4.69, 9.17) is 14.2 Å². The number of amides is 4. The number of anilines is 3. The van der Waals surface area contributed by atoms with Crippen molar-refractivity contribution in [3.63, 3.8) is 0 Å². The first kappa shape index (κ1) is 33.1. The van der Waals surface area contributed by atoms with E-state index in [1.807, 2.05) is 61.5 Å². The molecule has 0 aliphatic heterocycles. The number of alkyl carbamates (subject to hydrolysis) is 1. The molecule has 0 bridgehead atoms. The van der Waals surface area contributed by atoms with Gasteiger partial charge in [0.1, 0.15) is 12.4 Å². The molecule has 1 unspecified atom stereocenters. The van der Waals surface area contributed by atoms with Crippen LogP contribution in [0, 0.1) is 6.92 Å². The number of aryl methyl sites for hydroxylation is 1. The van der Waals surface area contributed by atoms with Gasteiger partial charge in [-0.1, -0.05) is 66.7 Å². The highest BCUT2D eigenvalue weighted by atomic mass is 16.5. The first-order valence-corrected chi connectivity index (χ1v) is 14.5. The molecule has 1 atom stereocenters. The standard InChI is InChI=1S/C35H36N4O7/c1-23-9-7-8-12-28(23)37-34(42)38-29-18-13-25(19-31(29)44-2)20-32(40)36-27-16-14-26(15-17-27)30(21-33(41)45-3)39-35(43)46-22-24-10-5-4-6-11-24/h4-19,30H,20-22H2,1-3H3,(H,36,40)(H,39,43)(H2,37,38,42). The Balaban J connectivity index is 1.34. The van der Waals surface area contributed by atoms with Gasteiger partial charge in [0, 0.05) is 11.4 Å². The van der Waals surface area contributed by atoms with Gasteiger partial charge in [-0.15, -0.1) is 0 Å². The van der Waals surface area contributed by atoms with Gasteiger partial charge in [-0.2, -0.15) is 0 Å². The summed E-state index contributed by atoms with van der Waals surface area (Å²) in [6, 6.07) is 27.4. The van der Waals surface area contributed by atoms with Crippen molar-refractivity contribution in [2.24, 2.45) is 0 Å². The Morgan fingerprint density at radius 3 is 2.13 bits per heavy atom. The number of carbonyl (C=O) groups is 4. The third-order valence-electron chi connectivity index (χ3n) is 6.97. The number of ether oxygens (including phenoxy) is 3. The van der Waals surface area contributed by atoms with Crippen molar-refractivity contribution in [2.75, 3.05) is 30.2 Å². The highest BCUT2D eigenvalue weighted by Gasteiger charge is 2.20. The minimum atomic E-state index is -0.709. The van der Waals surface area contributed by atoms with E-state index < -0.39 is 24.1 Å². The first-order valence-electron chi connectivity index (χ1n) is 14.5. The minimum absolute atomic E-state index is 0.0492. The van der Waals surface area contributed by atoms with Crippen LogP contribution in [-0.4, -0.2) is 38.2 Å². The molecule has 0 spiro atoms. The van der Waals surface area contributed by atoms with Crippen molar-refractivity contribution in [1.29, 1.82) is 0 Å². The van der Waals surface area contributed by atoms with Crippen LogP contribution >= 0.6 is 0 Å². The Hall–Kier alpha value is -5.84. The van der Waals surface area contributed by atoms with E-state index in [0.29, 0.717) is 33.9 Å². The van der Waals surface area contributed by atoms with Gasteiger partial charge >= 0.3 is 18.1 Å². The van der Waals surface area contributed by atoms with Crippen molar-refractivity contribution < 1.29 is 33.4 Å². The number of esters is 1. The number of para-hydroxylation sites is 1. The predicted octanol–water partition coefficient (Wildman–Crippen LogP) is 6.36. The monoisotopic (exact) mass is 624 g/mol. The van der Waals surface area contributed by atoms with Crippen molar-refractivity contribution >= 4 is 41.1 Å². The van der Waals surface area contributed by atoms with Gasteiger partial charge in [-0.25, -0.2) is 9.59 Å². The molecule has 0 saturated heterocycles. The van der Waals surface area contributed by atoms with E-state index in [-0.39, 0.29) is 25.4 Å². The Bertz CT molecular complexity index is 1660. The molecule has 0 aromatic heterocycles. The summed E-state index contributed by atoms with van der Waals surface area (Å²) >= 11 is 0. The summed E-state index contributed by atoms with van der Waals surface area (Å²) in [6.07, 6.45) is -0.741. The second-order valence-corrected chi connectivity index (χ2v) is 10.3. The summed E-state index contributed by atoms with van der Waals surface area (Å²) in [7, 11) is 2.76. The molecule has 0 heterocycles. The fourth-order valence-electron chi connectivity index (χ4n) is 4.54. The normalized spacial score (nSPS) is 11.0. The number of nitrogens with one attached hydrogen (secondary N) is 4. The molecule has 238 valence electrons. The van der Waals surface area contributed by atoms with Crippen LogP contribution in [0.5, 0.6) is 5.75 Å². The smallest absolute Gasteiger partial charge is 0.407 e. The van der Waals surface area contributed by atoms with Gasteiger partial charge in [0.05, 0.1) is 38.8 Å². The fourth-order valence-corrected chi connectivity index (χ4v) is 4.54. The van der Waals surface area contributed by atoms with Gasteiger partial charge < -0.3 is 35.5 Å². The van der Waals surface area contributed by atoms with Crippen LogP contribution in [0.3, 0.4) is 0 Å². The van der Waals surface area contributed by atoms with E-state index in [0.717, 1.165) is 11.1 Å². The highest BCUT2D eigenvalue weighted by Crippen LogP contribution is 2.27. The van der Waals surface area contributed by atoms with Crippen LogP contribution in [0.2, 0.25) is 0 Å². The number of hydrogen-bond acceptors (Lipinski definition) is 7. The summed E-state index contributed by atoms with van der Waals surface area (Å²) in [4.78, 5) is 49.9. The molecule has 4 N–H and O–H groups in total. The lowest BCUT2D eigenvalue weighted by Gasteiger charge is -2.18. The summed E-state index contributed by atoms with van der Waals surface area (Å²) in [6.45, 7) is 1.98. The zero-order valence-electron chi connectivity index (χ0n) is 25.8. The zero-order valence-corrected chi connectivity index (χ0v) is 25.8. The number of urea groups is 1. The molecule has 0 radical (unpaired) electrons. The zero-order chi connectivity index (χ0) is 32.9. The summed E-state index contributed by atoms with van der Waals surface area (Å²) in [5.74, 6) is -0.378. The predicted molar refractivity (Wildman–Crippen MR) is 175 cm³/mol. The highest BCUT2D eigenvalue weighted by molar-refractivity contribution is 6.01. The number of methoxy groups -OCH3 is 2. The lowest BCUT2D eigenvalue weighted by atomic mass is 10.0. The van der Waals surface area contributed by atoms with Crippen LogP contribution in [0.1, 0.15) is 34.7 Å². The van der Waals surface area contributed by atoms with E-state index >= 15 is 0 Å². The van der Waals surface area contributed by atoms with Crippen LogP contribution < -0.4 is 26.0 Å². The molecule has 11 heteroatoms. The van der Waals surface area contributed by atoms with Crippen LogP contribution in [-0.2, 0) is 32.1 Å². The average molecular weight is 625 g/mol. The van der Waals surface area contributed by atoms with Gasteiger partial charge in [-0.05, 0) is 59.5 Å². The van der Waals surface area contributed by atoms with E-state index in [1.54, 1.807) is 42.5 Å². The Kier molecular flexibility index (Phi) is 11.7. The topological polar surface area (TPSA) is 144 Å². The van der Waals surface area contributed by atoms with Gasteiger partial charge in [0.15, 0.2) is 0 Å². The van der Waals surface area contributed by atoms with Gasteiger partial charge in [0.25, 0.3) is 0 Å². The van der Waals surface area contributed by atoms with Gasteiger partial charge in [0.2, 0.25) is 5.91 Å². The second kappa shape index (κ2) is 16.3. The molecular weight excluding hydrogens is 588 g/mol. The summed E-state index contributed by atoms with van der Waals surface area (Å²) < 4.78 is 15.6. The maximum atomic E-state index is 12.9. The molecule has 0 aliphatic rings. The number of rotatable bonds is 12.